The van der Waals surface area contributed by atoms with Crippen LogP contribution in [0.5, 0.6) is 0 Å². The van der Waals surface area contributed by atoms with E-state index in [2.05, 4.69) is 30.1 Å². The van der Waals surface area contributed by atoms with Gasteiger partial charge in [-0.1, -0.05) is 30.3 Å². The monoisotopic (exact) mass is 729 g/mol. The Bertz CT molecular complexity index is 2530. The van der Waals surface area contributed by atoms with Crippen LogP contribution < -0.4 is 15.6 Å². The van der Waals surface area contributed by atoms with Crippen molar-refractivity contribution in [2.75, 3.05) is 43.2 Å². The molecular formula is C36H34F2N7O6P. The highest BCUT2D eigenvalue weighted by Crippen LogP contribution is 2.48. The number of pyridine rings is 3. The summed E-state index contributed by atoms with van der Waals surface area (Å²) in [7, 11) is -0.604. The van der Waals surface area contributed by atoms with Gasteiger partial charge in [-0.15, -0.1) is 0 Å². The average molecular weight is 730 g/mol. The van der Waals surface area contributed by atoms with Gasteiger partial charge in [-0.05, 0) is 31.0 Å². The van der Waals surface area contributed by atoms with Crippen LogP contribution in [-0.2, 0) is 22.7 Å². The molecule has 0 aliphatic carbocycles. The molecule has 13 nitrogen and oxygen atoms in total. The molecule has 6 heterocycles. The van der Waals surface area contributed by atoms with Gasteiger partial charge in [-0.25, -0.2) is 23.5 Å². The minimum absolute atomic E-state index is 0.0361. The summed E-state index contributed by atoms with van der Waals surface area (Å²) in [6.07, 6.45) is 4.63. The fourth-order valence-corrected chi connectivity index (χ4v) is 8.50. The largest absolute Gasteiger partial charge is 0.477 e. The maximum absolute atomic E-state index is 16.2. The molecule has 0 saturated carbocycles. The number of hydrogen-bond acceptors (Lipinski definition) is 9. The van der Waals surface area contributed by atoms with Crippen LogP contribution in [0.4, 0.5) is 20.2 Å². The summed E-state index contributed by atoms with van der Waals surface area (Å²) in [4.78, 5) is 52.5. The van der Waals surface area contributed by atoms with Crippen molar-refractivity contribution in [3.63, 3.8) is 0 Å². The second-order valence-electron chi connectivity index (χ2n) is 13.5. The number of anilines is 2. The maximum atomic E-state index is 16.2. The van der Waals surface area contributed by atoms with E-state index in [0.29, 0.717) is 40.2 Å². The first-order valence-corrected chi connectivity index (χ1v) is 18.4. The normalized spacial score (nSPS) is 18.8. The first kappa shape index (κ1) is 33.9. The number of nitrogens with one attached hydrogen (secondary N) is 2. The molecule has 0 amide bonds. The van der Waals surface area contributed by atoms with E-state index >= 15 is 8.78 Å². The topological polar surface area (TPSA) is 166 Å². The summed E-state index contributed by atoms with van der Waals surface area (Å²) < 4.78 is 51.5. The number of halogens is 2. The number of rotatable bonds is 9. The van der Waals surface area contributed by atoms with Crippen LogP contribution in [0, 0.1) is 17.6 Å². The summed E-state index contributed by atoms with van der Waals surface area (Å²) in [5.74, 6) is -3.36. The molecule has 16 heteroatoms. The van der Waals surface area contributed by atoms with Gasteiger partial charge in [0.05, 0.1) is 39.7 Å². The van der Waals surface area contributed by atoms with E-state index < -0.39 is 42.5 Å². The first-order valence-electron chi connectivity index (χ1n) is 16.6. The fourth-order valence-electron chi connectivity index (χ4n) is 7.69. The average Bonchev–Trinajstić information content (AvgIpc) is 3.82. The third-order valence-corrected chi connectivity index (χ3v) is 11.2. The van der Waals surface area contributed by atoms with Gasteiger partial charge in [0.2, 0.25) is 5.43 Å². The van der Waals surface area contributed by atoms with Crippen LogP contribution in [0.1, 0.15) is 22.3 Å². The molecule has 2 fully saturated rings. The summed E-state index contributed by atoms with van der Waals surface area (Å²) >= 11 is 0. The van der Waals surface area contributed by atoms with Crippen molar-refractivity contribution >= 4 is 57.9 Å². The summed E-state index contributed by atoms with van der Waals surface area (Å²) in [5, 5.41) is 12.8. The van der Waals surface area contributed by atoms with E-state index in [4.69, 9.17) is 4.52 Å². The maximum Gasteiger partial charge on any atom is 0.347 e. The Morgan fingerprint density at radius 3 is 2.67 bits per heavy atom. The van der Waals surface area contributed by atoms with Crippen LogP contribution in [0.15, 0.2) is 65.8 Å². The van der Waals surface area contributed by atoms with Gasteiger partial charge in [0.25, 0.3) is 0 Å². The molecule has 268 valence electrons. The Labute approximate surface area is 295 Å². The fraction of sp³-hybridized carbons (Fsp3) is 0.278. The lowest BCUT2D eigenvalue weighted by molar-refractivity contribution is 0.0694. The number of H-pyrrole nitrogens is 1. The highest BCUT2D eigenvalue weighted by atomic mass is 31.2. The predicted octanol–water partition coefficient (Wildman–Crippen LogP) is 5.52. The molecule has 4 N–H and O–H groups in total. The second kappa shape index (κ2) is 12.8. The molecule has 0 bridgehead atoms. The molecule has 2 aliphatic rings. The molecule has 2 aromatic carbocycles. The van der Waals surface area contributed by atoms with Crippen LogP contribution >= 0.6 is 7.60 Å². The zero-order valence-corrected chi connectivity index (χ0v) is 29.0. The number of carbonyl (C=O) groups is 1. The van der Waals surface area contributed by atoms with Crippen molar-refractivity contribution in [2.45, 2.75) is 19.1 Å². The number of benzene rings is 2. The van der Waals surface area contributed by atoms with E-state index in [1.54, 1.807) is 49.8 Å². The number of fused-ring (bicyclic) bond motifs is 5. The number of carboxylic acids is 1. The number of nitrogens with zero attached hydrogens (tertiary/aromatic N) is 5. The molecule has 2 aliphatic heterocycles. The van der Waals surface area contributed by atoms with Crippen molar-refractivity contribution in [3.05, 3.63) is 94.0 Å². The Balaban J connectivity index is 1.29. The molecule has 0 radical (unpaired) electrons. The van der Waals surface area contributed by atoms with Gasteiger partial charge < -0.3 is 39.2 Å². The van der Waals surface area contributed by atoms with Gasteiger partial charge in [0.1, 0.15) is 23.1 Å². The zero-order chi connectivity index (χ0) is 36.5. The number of aromatic amines is 1. The number of aryl methyl sites for hydroxylation is 1. The molecule has 0 spiro atoms. The Morgan fingerprint density at radius 2 is 1.90 bits per heavy atom. The van der Waals surface area contributed by atoms with Crippen molar-refractivity contribution in [1.29, 1.82) is 0 Å². The van der Waals surface area contributed by atoms with Gasteiger partial charge >= 0.3 is 13.6 Å². The highest BCUT2D eigenvalue weighted by molar-refractivity contribution is 7.52. The molecular weight excluding hydrogens is 695 g/mol. The van der Waals surface area contributed by atoms with Gasteiger partial charge in [0, 0.05) is 68.5 Å². The lowest BCUT2D eigenvalue weighted by atomic mass is 9.99. The van der Waals surface area contributed by atoms with Crippen LogP contribution in [0.25, 0.3) is 44.1 Å². The number of aromatic nitrogens is 4. The lowest BCUT2D eigenvalue weighted by Crippen LogP contribution is -2.35. The molecule has 3 atom stereocenters. The van der Waals surface area contributed by atoms with E-state index in [-0.39, 0.29) is 45.9 Å². The highest BCUT2D eigenvalue weighted by Gasteiger charge is 2.42. The van der Waals surface area contributed by atoms with Crippen LogP contribution in [0.2, 0.25) is 0 Å². The summed E-state index contributed by atoms with van der Waals surface area (Å²) in [6.45, 7) is 2.09. The van der Waals surface area contributed by atoms with Gasteiger partial charge in [0.15, 0.2) is 11.6 Å². The van der Waals surface area contributed by atoms with E-state index in [0.717, 1.165) is 25.6 Å². The number of aromatic carboxylic acids is 1. The Hall–Kier alpha value is -5.21. The molecule has 2 saturated heterocycles. The van der Waals surface area contributed by atoms with Crippen LogP contribution in [-0.4, -0.2) is 79.4 Å². The number of likely N-dealkylation sites (tertiary alicyclic amines) is 1. The van der Waals surface area contributed by atoms with E-state index in [9.17, 15) is 24.2 Å². The minimum atomic E-state index is -4.23. The Morgan fingerprint density at radius 1 is 1.12 bits per heavy atom. The van der Waals surface area contributed by atoms with Crippen molar-refractivity contribution < 1.29 is 32.7 Å². The second-order valence-corrected chi connectivity index (χ2v) is 15.3. The van der Waals surface area contributed by atoms with Crippen LogP contribution in [0.3, 0.4) is 0 Å². The SMILES string of the molecule is CN1C[C@H]2CCN(c3c(-c4cnc5c(c4)c(=O)c(C(=O)O)cn5C)cnc4[nH]c5c(NCP(=O)(O)OCc6ccccc6)cc(F)c(F)c5c34)[C@H]2C1. The minimum Gasteiger partial charge on any atom is -0.477 e. The van der Waals surface area contributed by atoms with Crippen molar-refractivity contribution in [2.24, 2.45) is 13.0 Å². The standard InChI is InChI=1S/C36H34F2N7O6P/c1-43-14-20-8-9-45(27(20)16-43)32-23(21-10-22-33(46)24(36(47)48)15-44(2)35(22)40-12-21)13-39-34-29(32)28-30(38)25(37)11-26(31(28)42-34)41-18-52(49,50)51-17-19-6-4-3-5-7-19/h3-7,10-13,15,20,27,41H,8-9,14,16-18H2,1-2H3,(H,39,42)(H,47,48)(H,49,50)/t20-,27+/m1/s1. The van der Waals surface area contributed by atoms with Gasteiger partial charge in [-0.2, -0.15) is 0 Å². The Kier molecular flexibility index (Phi) is 8.33. The van der Waals surface area contributed by atoms with Gasteiger partial charge in [-0.3, -0.25) is 9.36 Å². The van der Waals surface area contributed by atoms with Crippen molar-refractivity contribution in [3.8, 4) is 11.1 Å². The summed E-state index contributed by atoms with van der Waals surface area (Å²) in [6, 6.07) is 11.4. The van der Waals surface area contributed by atoms with E-state index in [1.165, 1.54) is 10.8 Å². The third kappa shape index (κ3) is 5.79. The smallest absolute Gasteiger partial charge is 0.347 e. The predicted molar refractivity (Wildman–Crippen MR) is 193 cm³/mol. The molecule has 1 unspecified atom stereocenters. The lowest BCUT2D eigenvalue weighted by Gasteiger charge is -2.29. The first-order chi connectivity index (χ1) is 24.9. The van der Waals surface area contributed by atoms with Crippen molar-refractivity contribution in [1.82, 2.24) is 24.4 Å². The molecule has 6 aromatic rings. The van der Waals surface area contributed by atoms with E-state index in [1.807, 2.05) is 13.1 Å². The third-order valence-electron chi connectivity index (χ3n) is 10.1. The number of hydrogen-bond donors (Lipinski definition) is 4. The molecule has 4 aromatic heterocycles. The zero-order valence-electron chi connectivity index (χ0n) is 28.1. The summed E-state index contributed by atoms with van der Waals surface area (Å²) in [5.41, 5.74) is 1.77. The number of likely N-dealkylation sites (N-methyl/N-ethyl adjacent to an activating group) is 1. The number of carboxylic acid groups (broad SMARTS) is 1. The quantitative estimate of drug-likeness (QED) is 0.139. The molecule has 52 heavy (non-hydrogen) atoms. The molecule has 8 rings (SSSR count).